The van der Waals surface area contributed by atoms with Crippen LogP contribution in [0.4, 0.5) is 5.82 Å². The Morgan fingerprint density at radius 3 is 2.78 bits per heavy atom. The Kier molecular flexibility index (Phi) is 2.41. The number of benzene rings is 2. The number of aromatic nitrogens is 2. The highest BCUT2D eigenvalue weighted by Crippen LogP contribution is 2.24. The molecule has 0 spiro atoms. The van der Waals surface area contributed by atoms with E-state index < -0.39 is 0 Å². The van der Waals surface area contributed by atoms with Gasteiger partial charge in [0.1, 0.15) is 5.75 Å². The minimum absolute atomic E-state index is 0.536. The summed E-state index contributed by atoms with van der Waals surface area (Å²) in [6.07, 6.45) is 0. The SMILES string of the molecule is COc1cccc(-n2nc(N)c3ccccc32)c1. The predicted octanol–water partition coefficient (Wildman–Crippen LogP) is 2.62. The predicted molar refractivity (Wildman–Crippen MR) is 72.0 cm³/mol. The van der Waals surface area contributed by atoms with Gasteiger partial charge in [0.2, 0.25) is 0 Å². The van der Waals surface area contributed by atoms with E-state index in [0.717, 1.165) is 22.3 Å². The molecule has 0 unspecified atom stereocenters. The van der Waals surface area contributed by atoms with Crippen LogP contribution in [-0.2, 0) is 0 Å². The van der Waals surface area contributed by atoms with Gasteiger partial charge < -0.3 is 10.5 Å². The lowest BCUT2D eigenvalue weighted by Crippen LogP contribution is -1.97. The van der Waals surface area contributed by atoms with Gasteiger partial charge in [0.15, 0.2) is 5.82 Å². The topological polar surface area (TPSA) is 53.1 Å². The maximum absolute atomic E-state index is 5.92. The van der Waals surface area contributed by atoms with Gasteiger partial charge in [-0.2, -0.15) is 0 Å². The van der Waals surface area contributed by atoms with Crippen molar-refractivity contribution in [2.24, 2.45) is 0 Å². The van der Waals surface area contributed by atoms with Crippen LogP contribution in [0, 0.1) is 0 Å². The minimum atomic E-state index is 0.536. The molecule has 4 nitrogen and oxygen atoms in total. The molecule has 0 saturated carbocycles. The first-order valence-electron chi connectivity index (χ1n) is 5.67. The first kappa shape index (κ1) is 10.7. The first-order chi connectivity index (χ1) is 8.79. The molecule has 0 atom stereocenters. The number of hydrogen-bond acceptors (Lipinski definition) is 3. The number of para-hydroxylation sites is 1. The molecule has 0 fully saturated rings. The molecule has 3 aromatic rings. The number of nitrogens with two attached hydrogens (primary N) is 1. The van der Waals surface area contributed by atoms with Crippen LogP contribution >= 0.6 is 0 Å². The largest absolute Gasteiger partial charge is 0.497 e. The summed E-state index contributed by atoms with van der Waals surface area (Å²) in [7, 11) is 1.65. The highest BCUT2D eigenvalue weighted by atomic mass is 16.5. The van der Waals surface area contributed by atoms with Crippen LogP contribution in [0.1, 0.15) is 0 Å². The number of fused-ring (bicyclic) bond motifs is 1. The van der Waals surface area contributed by atoms with E-state index in [1.165, 1.54) is 0 Å². The van der Waals surface area contributed by atoms with E-state index in [9.17, 15) is 0 Å². The van der Waals surface area contributed by atoms with Crippen molar-refractivity contribution in [1.29, 1.82) is 0 Å². The monoisotopic (exact) mass is 239 g/mol. The van der Waals surface area contributed by atoms with Gasteiger partial charge in [-0.3, -0.25) is 0 Å². The smallest absolute Gasteiger partial charge is 0.153 e. The standard InChI is InChI=1S/C14H13N3O/c1-18-11-6-4-5-10(9-11)17-13-8-3-2-7-12(13)14(15)16-17/h2-9H,1H3,(H2,15,16). The van der Waals surface area contributed by atoms with Crippen molar-refractivity contribution < 1.29 is 4.74 Å². The van der Waals surface area contributed by atoms with Gasteiger partial charge >= 0.3 is 0 Å². The van der Waals surface area contributed by atoms with Crippen LogP contribution in [0.3, 0.4) is 0 Å². The fourth-order valence-corrected chi connectivity index (χ4v) is 2.03. The quantitative estimate of drug-likeness (QED) is 0.748. The normalized spacial score (nSPS) is 10.7. The van der Waals surface area contributed by atoms with Gasteiger partial charge in [0.25, 0.3) is 0 Å². The molecular formula is C14H13N3O. The molecular weight excluding hydrogens is 226 g/mol. The number of anilines is 1. The summed E-state index contributed by atoms with van der Waals surface area (Å²) in [4.78, 5) is 0. The van der Waals surface area contributed by atoms with Crippen molar-refractivity contribution >= 4 is 16.7 Å². The Balaban J connectivity index is 2.25. The van der Waals surface area contributed by atoms with Crippen molar-refractivity contribution in [3.8, 4) is 11.4 Å². The summed E-state index contributed by atoms with van der Waals surface area (Å²) in [6, 6.07) is 15.6. The highest BCUT2D eigenvalue weighted by molar-refractivity contribution is 5.90. The van der Waals surface area contributed by atoms with E-state index in [-0.39, 0.29) is 0 Å². The lowest BCUT2D eigenvalue weighted by molar-refractivity contribution is 0.414. The Hall–Kier alpha value is -2.49. The van der Waals surface area contributed by atoms with Crippen molar-refractivity contribution in [1.82, 2.24) is 9.78 Å². The summed E-state index contributed by atoms with van der Waals surface area (Å²) in [5.41, 5.74) is 7.84. The third-order valence-corrected chi connectivity index (χ3v) is 2.91. The lowest BCUT2D eigenvalue weighted by atomic mass is 10.2. The van der Waals surface area contributed by atoms with E-state index >= 15 is 0 Å². The number of rotatable bonds is 2. The van der Waals surface area contributed by atoms with E-state index in [2.05, 4.69) is 5.10 Å². The third-order valence-electron chi connectivity index (χ3n) is 2.91. The second kappa shape index (κ2) is 4.07. The Labute approximate surface area is 105 Å². The van der Waals surface area contributed by atoms with Crippen LogP contribution in [0.5, 0.6) is 5.75 Å². The van der Waals surface area contributed by atoms with Gasteiger partial charge in [-0.1, -0.05) is 18.2 Å². The zero-order chi connectivity index (χ0) is 12.5. The van der Waals surface area contributed by atoms with E-state index in [1.807, 2.05) is 53.2 Å². The molecule has 0 aliphatic heterocycles. The second-order valence-corrected chi connectivity index (χ2v) is 4.02. The number of hydrogen-bond donors (Lipinski definition) is 1. The number of ether oxygens (including phenoxy) is 1. The molecule has 3 rings (SSSR count). The van der Waals surface area contributed by atoms with Gasteiger partial charge in [-0.15, -0.1) is 5.10 Å². The molecule has 4 heteroatoms. The Morgan fingerprint density at radius 1 is 1.11 bits per heavy atom. The number of methoxy groups -OCH3 is 1. The molecule has 1 aromatic heterocycles. The third kappa shape index (κ3) is 1.59. The molecule has 2 N–H and O–H groups in total. The van der Waals surface area contributed by atoms with Gasteiger partial charge in [-0.25, -0.2) is 4.68 Å². The summed E-state index contributed by atoms with van der Waals surface area (Å²) < 4.78 is 7.05. The molecule has 0 amide bonds. The number of nitrogen functional groups attached to an aromatic ring is 1. The van der Waals surface area contributed by atoms with Crippen LogP contribution in [0.2, 0.25) is 0 Å². The van der Waals surface area contributed by atoms with Crippen LogP contribution in [0.15, 0.2) is 48.5 Å². The second-order valence-electron chi connectivity index (χ2n) is 4.02. The van der Waals surface area contributed by atoms with Crippen molar-refractivity contribution in [3.05, 3.63) is 48.5 Å². The summed E-state index contributed by atoms with van der Waals surface area (Å²) in [6.45, 7) is 0. The average molecular weight is 239 g/mol. The summed E-state index contributed by atoms with van der Waals surface area (Å²) >= 11 is 0. The highest BCUT2D eigenvalue weighted by Gasteiger charge is 2.08. The van der Waals surface area contributed by atoms with Gasteiger partial charge in [0.05, 0.1) is 18.3 Å². The van der Waals surface area contributed by atoms with E-state index in [4.69, 9.17) is 10.5 Å². The van der Waals surface area contributed by atoms with Gasteiger partial charge in [0, 0.05) is 11.5 Å². The molecule has 0 radical (unpaired) electrons. The first-order valence-corrected chi connectivity index (χ1v) is 5.67. The minimum Gasteiger partial charge on any atom is -0.497 e. The van der Waals surface area contributed by atoms with Crippen molar-refractivity contribution in [2.75, 3.05) is 12.8 Å². The Morgan fingerprint density at radius 2 is 1.94 bits per heavy atom. The maximum Gasteiger partial charge on any atom is 0.153 e. The van der Waals surface area contributed by atoms with E-state index in [0.29, 0.717) is 5.82 Å². The molecule has 0 aliphatic rings. The molecule has 2 aromatic carbocycles. The van der Waals surface area contributed by atoms with Gasteiger partial charge in [-0.05, 0) is 24.3 Å². The molecule has 0 bridgehead atoms. The van der Waals surface area contributed by atoms with Crippen molar-refractivity contribution in [2.45, 2.75) is 0 Å². The fourth-order valence-electron chi connectivity index (χ4n) is 2.03. The number of nitrogens with zero attached hydrogens (tertiary/aromatic N) is 2. The zero-order valence-electron chi connectivity index (χ0n) is 10.00. The molecule has 18 heavy (non-hydrogen) atoms. The lowest BCUT2D eigenvalue weighted by Gasteiger charge is -2.05. The van der Waals surface area contributed by atoms with Crippen LogP contribution in [0.25, 0.3) is 16.6 Å². The van der Waals surface area contributed by atoms with Crippen LogP contribution < -0.4 is 10.5 Å². The van der Waals surface area contributed by atoms with E-state index in [1.54, 1.807) is 7.11 Å². The zero-order valence-corrected chi connectivity index (χ0v) is 10.00. The Bertz CT molecular complexity index is 703. The average Bonchev–Trinajstić information content (AvgIpc) is 2.77. The van der Waals surface area contributed by atoms with Crippen LogP contribution in [-0.4, -0.2) is 16.9 Å². The molecule has 0 aliphatic carbocycles. The molecule has 0 saturated heterocycles. The molecule has 1 heterocycles. The summed E-state index contributed by atoms with van der Waals surface area (Å²) in [5, 5.41) is 5.33. The fraction of sp³-hybridized carbons (Fsp3) is 0.0714. The summed E-state index contributed by atoms with van der Waals surface area (Å²) in [5.74, 6) is 1.33. The molecule has 90 valence electrons. The van der Waals surface area contributed by atoms with Crippen molar-refractivity contribution in [3.63, 3.8) is 0 Å². The maximum atomic E-state index is 5.92.